The minimum atomic E-state index is -0.412. The van der Waals surface area contributed by atoms with Crippen molar-refractivity contribution in [1.29, 1.82) is 0 Å². The van der Waals surface area contributed by atoms with E-state index in [2.05, 4.69) is 25.8 Å². The van der Waals surface area contributed by atoms with Gasteiger partial charge in [-0.2, -0.15) is 0 Å². The minimum Gasteiger partial charge on any atom is -0.340 e. The van der Waals surface area contributed by atoms with Gasteiger partial charge in [-0.15, -0.1) is 0 Å². The Morgan fingerprint density at radius 3 is 2.38 bits per heavy atom. The van der Waals surface area contributed by atoms with Gasteiger partial charge in [0, 0.05) is 37.1 Å². The number of carbonyl (C=O) groups is 1. The van der Waals surface area contributed by atoms with Crippen molar-refractivity contribution in [2.75, 3.05) is 26.7 Å². The van der Waals surface area contributed by atoms with E-state index in [-0.39, 0.29) is 11.4 Å². The molecule has 1 heterocycles. The van der Waals surface area contributed by atoms with Gasteiger partial charge < -0.3 is 10.6 Å². The summed E-state index contributed by atoms with van der Waals surface area (Å²) in [4.78, 5) is 16.3. The number of carbonyl (C=O) groups excluding carboxylic acids is 1. The van der Waals surface area contributed by atoms with E-state index in [1.54, 1.807) is 0 Å². The number of hydrogen-bond donors (Lipinski definition) is 1. The highest BCUT2D eigenvalue weighted by atomic mass is 16.2. The van der Waals surface area contributed by atoms with Crippen LogP contribution in [0.2, 0.25) is 0 Å². The molecule has 1 rings (SSSR count). The molecule has 0 unspecified atom stereocenters. The number of piperazine rings is 1. The summed E-state index contributed by atoms with van der Waals surface area (Å²) >= 11 is 0. The molecule has 0 spiro atoms. The number of hydrogen-bond acceptors (Lipinski definition) is 3. The number of nitrogens with zero attached hydrogens (tertiary/aromatic N) is 2. The third kappa shape index (κ3) is 3.46. The molecule has 0 radical (unpaired) electrons. The SMILES string of the molecule is CN1CCN(C(=O)CC(C)(C)N)CC1(C)C. The molecule has 94 valence electrons. The van der Waals surface area contributed by atoms with Gasteiger partial charge >= 0.3 is 0 Å². The molecule has 4 heteroatoms. The Bertz CT molecular complexity index is 268. The Kier molecular flexibility index (Phi) is 3.65. The van der Waals surface area contributed by atoms with Crippen LogP contribution in [0.4, 0.5) is 0 Å². The summed E-state index contributed by atoms with van der Waals surface area (Å²) in [5.74, 6) is 0.175. The summed E-state index contributed by atoms with van der Waals surface area (Å²) in [5.41, 5.74) is 5.53. The first-order valence-corrected chi connectivity index (χ1v) is 5.90. The quantitative estimate of drug-likeness (QED) is 0.754. The van der Waals surface area contributed by atoms with E-state index in [9.17, 15) is 4.79 Å². The largest absolute Gasteiger partial charge is 0.340 e. The molecule has 0 aromatic rings. The van der Waals surface area contributed by atoms with Crippen molar-refractivity contribution >= 4 is 5.91 Å². The lowest BCUT2D eigenvalue weighted by molar-refractivity contribution is -0.136. The second-order valence-electron chi connectivity index (χ2n) is 6.21. The first-order valence-electron chi connectivity index (χ1n) is 5.90. The smallest absolute Gasteiger partial charge is 0.224 e. The lowest BCUT2D eigenvalue weighted by atomic mass is 9.97. The van der Waals surface area contributed by atoms with Gasteiger partial charge in [0.25, 0.3) is 0 Å². The average molecular weight is 227 g/mol. The van der Waals surface area contributed by atoms with E-state index in [4.69, 9.17) is 5.73 Å². The number of nitrogens with two attached hydrogens (primary N) is 1. The number of rotatable bonds is 2. The number of likely N-dealkylation sites (N-methyl/N-ethyl adjacent to an activating group) is 1. The fourth-order valence-electron chi connectivity index (χ4n) is 1.95. The van der Waals surface area contributed by atoms with E-state index in [1.807, 2.05) is 18.7 Å². The van der Waals surface area contributed by atoms with Crippen LogP contribution in [0, 0.1) is 0 Å². The van der Waals surface area contributed by atoms with Crippen LogP contribution in [0.3, 0.4) is 0 Å². The molecule has 1 fully saturated rings. The summed E-state index contributed by atoms with van der Waals surface area (Å²) in [6.45, 7) is 10.7. The van der Waals surface area contributed by atoms with E-state index >= 15 is 0 Å². The molecular formula is C12H25N3O. The summed E-state index contributed by atoms with van der Waals surface area (Å²) in [6.07, 6.45) is 0.423. The van der Waals surface area contributed by atoms with E-state index in [0.29, 0.717) is 6.42 Å². The molecule has 0 bridgehead atoms. The molecule has 0 aromatic heterocycles. The van der Waals surface area contributed by atoms with Gasteiger partial charge in [0.15, 0.2) is 0 Å². The third-order valence-corrected chi connectivity index (χ3v) is 3.28. The van der Waals surface area contributed by atoms with Gasteiger partial charge in [-0.3, -0.25) is 9.69 Å². The van der Waals surface area contributed by atoms with Crippen molar-refractivity contribution in [2.45, 2.75) is 45.2 Å². The highest BCUT2D eigenvalue weighted by molar-refractivity contribution is 5.77. The Balaban J connectivity index is 2.60. The van der Waals surface area contributed by atoms with E-state index in [1.165, 1.54) is 0 Å². The first-order chi connectivity index (χ1) is 7.12. The predicted octanol–water partition coefficient (Wildman–Crippen LogP) is 0.666. The fourth-order valence-corrected chi connectivity index (χ4v) is 1.95. The van der Waals surface area contributed by atoms with Crippen LogP contribution >= 0.6 is 0 Å². The second-order valence-corrected chi connectivity index (χ2v) is 6.21. The molecule has 1 aliphatic rings. The highest BCUT2D eigenvalue weighted by Gasteiger charge is 2.34. The van der Waals surface area contributed by atoms with E-state index < -0.39 is 5.54 Å². The van der Waals surface area contributed by atoms with Crippen molar-refractivity contribution in [1.82, 2.24) is 9.80 Å². The molecule has 16 heavy (non-hydrogen) atoms. The van der Waals surface area contributed by atoms with Crippen LogP contribution in [0.15, 0.2) is 0 Å². The summed E-state index contributed by atoms with van der Waals surface area (Å²) in [6, 6.07) is 0. The van der Waals surface area contributed by atoms with Crippen LogP contribution in [0.25, 0.3) is 0 Å². The van der Waals surface area contributed by atoms with Gasteiger partial charge in [-0.25, -0.2) is 0 Å². The standard InChI is InChI=1S/C12H25N3O/c1-11(2,13)8-10(16)15-7-6-14(5)12(3,4)9-15/h6-9,13H2,1-5H3. The van der Waals surface area contributed by atoms with Gasteiger partial charge in [0.1, 0.15) is 0 Å². The third-order valence-electron chi connectivity index (χ3n) is 3.28. The highest BCUT2D eigenvalue weighted by Crippen LogP contribution is 2.20. The van der Waals surface area contributed by atoms with Crippen LogP contribution in [0.5, 0.6) is 0 Å². The first kappa shape index (κ1) is 13.5. The van der Waals surface area contributed by atoms with Crippen LogP contribution < -0.4 is 5.73 Å². The fraction of sp³-hybridized carbons (Fsp3) is 0.917. The second kappa shape index (κ2) is 4.34. The maximum Gasteiger partial charge on any atom is 0.224 e. The predicted molar refractivity (Wildman–Crippen MR) is 66.2 cm³/mol. The maximum absolute atomic E-state index is 12.0. The summed E-state index contributed by atoms with van der Waals surface area (Å²) < 4.78 is 0. The number of amides is 1. The molecule has 1 aliphatic heterocycles. The van der Waals surface area contributed by atoms with Crippen LogP contribution in [-0.4, -0.2) is 53.5 Å². The Morgan fingerprint density at radius 2 is 1.94 bits per heavy atom. The van der Waals surface area contributed by atoms with Crippen molar-refractivity contribution in [3.05, 3.63) is 0 Å². The van der Waals surface area contributed by atoms with Crippen LogP contribution in [-0.2, 0) is 4.79 Å². The molecule has 1 amide bonds. The van der Waals surface area contributed by atoms with Crippen molar-refractivity contribution in [3.8, 4) is 0 Å². The Labute approximate surface area is 98.8 Å². The zero-order valence-corrected chi connectivity index (χ0v) is 11.2. The average Bonchev–Trinajstić information content (AvgIpc) is 2.06. The molecule has 0 aromatic carbocycles. The Hall–Kier alpha value is -0.610. The van der Waals surface area contributed by atoms with Crippen molar-refractivity contribution in [2.24, 2.45) is 5.73 Å². The molecule has 0 aliphatic carbocycles. The lowest BCUT2D eigenvalue weighted by Crippen LogP contribution is -2.59. The zero-order valence-electron chi connectivity index (χ0n) is 11.2. The molecule has 1 saturated heterocycles. The molecule has 4 nitrogen and oxygen atoms in total. The lowest BCUT2D eigenvalue weighted by Gasteiger charge is -2.45. The topological polar surface area (TPSA) is 49.6 Å². The zero-order chi connectivity index (χ0) is 12.6. The normalized spacial score (nSPS) is 22.2. The van der Waals surface area contributed by atoms with Gasteiger partial charge in [0.05, 0.1) is 0 Å². The monoisotopic (exact) mass is 227 g/mol. The van der Waals surface area contributed by atoms with Gasteiger partial charge in [-0.1, -0.05) is 0 Å². The van der Waals surface area contributed by atoms with Gasteiger partial charge in [-0.05, 0) is 34.7 Å². The Morgan fingerprint density at radius 1 is 1.38 bits per heavy atom. The van der Waals surface area contributed by atoms with Crippen molar-refractivity contribution in [3.63, 3.8) is 0 Å². The summed E-state index contributed by atoms with van der Waals surface area (Å²) in [5, 5.41) is 0. The summed E-state index contributed by atoms with van der Waals surface area (Å²) in [7, 11) is 2.11. The van der Waals surface area contributed by atoms with Crippen molar-refractivity contribution < 1.29 is 4.79 Å². The molecule has 0 atom stereocenters. The molecular weight excluding hydrogens is 202 g/mol. The van der Waals surface area contributed by atoms with Gasteiger partial charge in [0.2, 0.25) is 5.91 Å². The minimum absolute atomic E-state index is 0.0622. The maximum atomic E-state index is 12.0. The van der Waals surface area contributed by atoms with Crippen LogP contribution in [0.1, 0.15) is 34.1 Å². The molecule has 2 N–H and O–H groups in total. The van der Waals surface area contributed by atoms with E-state index in [0.717, 1.165) is 19.6 Å². The molecule has 0 saturated carbocycles.